The number of carbonyl (C=O) groups excluding carboxylic acids is 1. The predicted octanol–water partition coefficient (Wildman–Crippen LogP) is 8.47. The molecule has 0 bridgehead atoms. The minimum atomic E-state index is -0.0761. The second-order valence-electron chi connectivity index (χ2n) is 8.43. The Morgan fingerprint density at radius 1 is 0.759 bits per heavy atom. The van der Waals surface area contributed by atoms with E-state index < -0.39 is 0 Å². The van der Waals surface area contributed by atoms with E-state index in [1.165, 1.54) is 64.2 Å². The molecule has 0 aliphatic heterocycles. The standard InChI is InChI=1S/C27H40O2/c1-3-5-7-9-10-12-17-23(16-11-8-6-4-2)22-27(28)29-26-21-15-19-24-18-13-14-20-25(24)26/h13-15,18-21,23H,3-12,16-17,22H2,1-2H3. The van der Waals surface area contributed by atoms with E-state index in [4.69, 9.17) is 4.74 Å². The number of esters is 1. The van der Waals surface area contributed by atoms with Crippen LogP contribution >= 0.6 is 0 Å². The van der Waals surface area contributed by atoms with E-state index >= 15 is 0 Å². The first-order valence-corrected chi connectivity index (χ1v) is 11.9. The van der Waals surface area contributed by atoms with Gasteiger partial charge in [0.1, 0.15) is 5.75 Å². The molecule has 1 atom stereocenters. The van der Waals surface area contributed by atoms with Crippen LogP contribution in [0.15, 0.2) is 42.5 Å². The Hall–Kier alpha value is -1.83. The lowest BCUT2D eigenvalue weighted by Crippen LogP contribution is -2.15. The molecule has 2 heteroatoms. The zero-order chi connectivity index (χ0) is 20.7. The second kappa shape index (κ2) is 14.2. The highest BCUT2D eigenvalue weighted by Crippen LogP contribution is 2.27. The van der Waals surface area contributed by atoms with Crippen LogP contribution in [0, 0.1) is 5.92 Å². The van der Waals surface area contributed by atoms with Crippen molar-refractivity contribution in [2.24, 2.45) is 5.92 Å². The van der Waals surface area contributed by atoms with Gasteiger partial charge in [-0.3, -0.25) is 4.79 Å². The molecular formula is C27H40O2. The van der Waals surface area contributed by atoms with Gasteiger partial charge in [-0.15, -0.1) is 0 Å². The SMILES string of the molecule is CCCCCCCCC(CCCCCC)CC(=O)Oc1cccc2ccccc12. The van der Waals surface area contributed by atoms with Gasteiger partial charge >= 0.3 is 5.97 Å². The van der Waals surface area contributed by atoms with Gasteiger partial charge in [0.05, 0.1) is 0 Å². The zero-order valence-corrected chi connectivity index (χ0v) is 18.6. The molecule has 0 N–H and O–H groups in total. The van der Waals surface area contributed by atoms with E-state index in [2.05, 4.69) is 26.0 Å². The van der Waals surface area contributed by atoms with Crippen molar-refractivity contribution in [3.63, 3.8) is 0 Å². The van der Waals surface area contributed by atoms with Crippen LogP contribution in [-0.2, 0) is 4.79 Å². The molecule has 0 aromatic heterocycles. The van der Waals surface area contributed by atoms with Crippen molar-refractivity contribution in [2.75, 3.05) is 0 Å². The van der Waals surface area contributed by atoms with Crippen molar-refractivity contribution in [3.05, 3.63) is 42.5 Å². The van der Waals surface area contributed by atoms with Crippen LogP contribution < -0.4 is 4.74 Å². The summed E-state index contributed by atoms with van der Waals surface area (Å²) in [6.45, 7) is 4.50. The Balaban J connectivity index is 1.86. The summed E-state index contributed by atoms with van der Waals surface area (Å²) in [6.07, 6.45) is 15.8. The molecule has 0 fully saturated rings. The molecule has 1 unspecified atom stereocenters. The Morgan fingerprint density at radius 2 is 1.34 bits per heavy atom. The van der Waals surface area contributed by atoms with Crippen LogP contribution in [0.3, 0.4) is 0 Å². The first-order valence-electron chi connectivity index (χ1n) is 11.9. The molecule has 0 aliphatic rings. The van der Waals surface area contributed by atoms with Crippen LogP contribution in [0.1, 0.15) is 97.3 Å². The molecule has 2 aromatic carbocycles. The molecule has 0 spiro atoms. The van der Waals surface area contributed by atoms with Crippen molar-refractivity contribution < 1.29 is 9.53 Å². The average molecular weight is 397 g/mol. The van der Waals surface area contributed by atoms with E-state index in [9.17, 15) is 4.79 Å². The molecule has 29 heavy (non-hydrogen) atoms. The minimum Gasteiger partial charge on any atom is -0.426 e. The molecular weight excluding hydrogens is 356 g/mol. The maximum Gasteiger partial charge on any atom is 0.311 e. The number of benzene rings is 2. The summed E-state index contributed by atoms with van der Waals surface area (Å²) in [4.78, 5) is 12.7. The Bertz CT molecular complexity index is 701. The van der Waals surface area contributed by atoms with E-state index in [-0.39, 0.29) is 5.97 Å². The second-order valence-corrected chi connectivity index (χ2v) is 8.43. The molecule has 0 heterocycles. The fraction of sp³-hybridized carbons (Fsp3) is 0.593. The molecule has 2 nitrogen and oxygen atoms in total. The summed E-state index contributed by atoms with van der Waals surface area (Å²) >= 11 is 0. The van der Waals surface area contributed by atoms with Gasteiger partial charge in [0.25, 0.3) is 0 Å². The van der Waals surface area contributed by atoms with Crippen LogP contribution in [0.25, 0.3) is 10.8 Å². The van der Waals surface area contributed by atoms with Crippen molar-refractivity contribution in [3.8, 4) is 5.75 Å². The molecule has 0 aliphatic carbocycles. The highest BCUT2D eigenvalue weighted by molar-refractivity contribution is 5.90. The maximum absolute atomic E-state index is 12.7. The highest BCUT2D eigenvalue weighted by Gasteiger charge is 2.16. The van der Waals surface area contributed by atoms with Gasteiger partial charge < -0.3 is 4.74 Å². The van der Waals surface area contributed by atoms with Crippen molar-refractivity contribution in [1.82, 2.24) is 0 Å². The number of hydrogen-bond acceptors (Lipinski definition) is 2. The number of hydrogen-bond donors (Lipinski definition) is 0. The number of carbonyl (C=O) groups is 1. The lowest BCUT2D eigenvalue weighted by atomic mass is 9.91. The van der Waals surface area contributed by atoms with Gasteiger partial charge in [-0.2, -0.15) is 0 Å². The summed E-state index contributed by atoms with van der Waals surface area (Å²) in [6, 6.07) is 14.0. The lowest BCUT2D eigenvalue weighted by Gasteiger charge is -2.17. The third-order valence-corrected chi connectivity index (χ3v) is 5.86. The molecule has 0 saturated carbocycles. The molecule has 2 rings (SSSR count). The third-order valence-electron chi connectivity index (χ3n) is 5.86. The number of ether oxygens (including phenoxy) is 1. The fourth-order valence-corrected chi connectivity index (χ4v) is 4.11. The van der Waals surface area contributed by atoms with Crippen LogP contribution in [0.5, 0.6) is 5.75 Å². The Kier molecular flexibility index (Phi) is 11.5. The third kappa shape index (κ3) is 9.02. The largest absolute Gasteiger partial charge is 0.426 e. The molecule has 0 radical (unpaired) electrons. The van der Waals surface area contributed by atoms with Crippen molar-refractivity contribution in [1.29, 1.82) is 0 Å². The lowest BCUT2D eigenvalue weighted by molar-refractivity contribution is -0.135. The van der Waals surface area contributed by atoms with Crippen molar-refractivity contribution >= 4 is 16.7 Å². The van der Waals surface area contributed by atoms with Gasteiger partial charge in [-0.25, -0.2) is 0 Å². The number of rotatable bonds is 15. The first-order chi connectivity index (χ1) is 14.2. The summed E-state index contributed by atoms with van der Waals surface area (Å²) in [5.41, 5.74) is 0. The summed E-state index contributed by atoms with van der Waals surface area (Å²) in [5, 5.41) is 2.12. The first kappa shape index (κ1) is 23.4. The van der Waals surface area contributed by atoms with Gasteiger partial charge in [0, 0.05) is 11.8 Å². The summed E-state index contributed by atoms with van der Waals surface area (Å²) < 4.78 is 5.81. The van der Waals surface area contributed by atoms with Gasteiger partial charge in [-0.05, 0) is 30.2 Å². The minimum absolute atomic E-state index is 0.0761. The van der Waals surface area contributed by atoms with Crippen LogP contribution in [0.2, 0.25) is 0 Å². The molecule has 0 amide bonds. The zero-order valence-electron chi connectivity index (χ0n) is 18.6. The monoisotopic (exact) mass is 396 g/mol. The summed E-state index contributed by atoms with van der Waals surface area (Å²) in [7, 11) is 0. The molecule has 160 valence electrons. The van der Waals surface area contributed by atoms with Crippen LogP contribution in [0.4, 0.5) is 0 Å². The predicted molar refractivity (Wildman–Crippen MR) is 124 cm³/mol. The normalized spacial score (nSPS) is 12.2. The molecule has 0 saturated heterocycles. The van der Waals surface area contributed by atoms with Crippen molar-refractivity contribution in [2.45, 2.75) is 97.3 Å². The molecule has 2 aromatic rings. The van der Waals surface area contributed by atoms with Crippen LogP contribution in [-0.4, -0.2) is 5.97 Å². The highest BCUT2D eigenvalue weighted by atomic mass is 16.5. The Morgan fingerprint density at radius 3 is 2.07 bits per heavy atom. The van der Waals surface area contributed by atoms with Gasteiger partial charge in [0.15, 0.2) is 0 Å². The smallest absolute Gasteiger partial charge is 0.311 e. The number of unbranched alkanes of at least 4 members (excludes halogenated alkanes) is 8. The topological polar surface area (TPSA) is 26.3 Å². The quantitative estimate of drug-likeness (QED) is 0.171. The van der Waals surface area contributed by atoms with E-state index in [1.807, 2.05) is 30.3 Å². The summed E-state index contributed by atoms with van der Waals surface area (Å²) in [5.74, 6) is 1.07. The average Bonchev–Trinajstić information content (AvgIpc) is 2.73. The van der Waals surface area contributed by atoms with E-state index in [0.29, 0.717) is 18.1 Å². The van der Waals surface area contributed by atoms with E-state index in [1.54, 1.807) is 0 Å². The van der Waals surface area contributed by atoms with E-state index in [0.717, 1.165) is 23.6 Å². The van der Waals surface area contributed by atoms with Gasteiger partial charge in [-0.1, -0.05) is 114 Å². The fourth-order valence-electron chi connectivity index (χ4n) is 4.11. The number of fused-ring (bicyclic) bond motifs is 1. The van der Waals surface area contributed by atoms with Gasteiger partial charge in [0.2, 0.25) is 0 Å². The Labute approximate surface area is 178 Å². The maximum atomic E-state index is 12.7.